The van der Waals surface area contributed by atoms with Crippen LogP contribution in [0, 0.1) is 0 Å². The van der Waals surface area contributed by atoms with Gasteiger partial charge in [0.2, 0.25) is 5.91 Å². The Balaban J connectivity index is 0.00000324. The first-order chi connectivity index (χ1) is 8.65. The summed E-state index contributed by atoms with van der Waals surface area (Å²) in [4.78, 5) is 14.0. The zero-order valence-corrected chi connectivity index (χ0v) is 12.5. The van der Waals surface area contributed by atoms with Crippen molar-refractivity contribution in [2.45, 2.75) is 20.3 Å². The van der Waals surface area contributed by atoms with E-state index in [4.69, 9.17) is 5.73 Å². The van der Waals surface area contributed by atoms with Gasteiger partial charge in [0.1, 0.15) is 0 Å². The van der Waals surface area contributed by atoms with Crippen LogP contribution in [0.25, 0.3) is 0 Å². The van der Waals surface area contributed by atoms with Gasteiger partial charge in [-0.05, 0) is 30.8 Å². The number of halogens is 1. The Kier molecular flexibility index (Phi) is 9.00. The van der Waals surface area contributed by atoms with Crippen molar-refractivity contribution in [1.82, 2.24) is 10.2 Å². The fourth-order valence-corrected chi connectivity index (χ4v) is 1.84. The van der Waals surface area contributed by atoms with E-state index < -0.39 is 0 Å². The van der Waals surface area contributed by atoms with Gasteiger partial charge in [-0.15, -0.1) is 12.4 Å². The molecule has 0 aliphatic carbocycles. The molecule has 19 heavy (non-hydrogen) atoms. The van der Waals surface area contributed by atoms with Crippen LogP contribution in [0.2, 0.25) is 0 Å². The minimum Gasteiger partial charge on any atom is -0.399 e. The van der Waals surface area contributed by atoms with E-state index in [-0.39, 0.29) is 18.3 Å². The molecule has 0 atom stereocenters. The standard InChI is InChI=1S/C14H23N3O.ClH/c1-3-17(4-2)9-8-16-14(18)11-12-6-5-7-13(15)10-12;/h5-7,10H,3-4,8-9,11,15H2,1-2H3,(H,16,18);1H. The highest BCUT2D eigenvalue weighted by Crippen LogP contribution is 2.06. The summed E-state index contributed by atoms with van der Waals surface area (Å²) >= 11 is 0. The number of nitrogens with one attached hydrogen (secondary N) is 1. The second-order valence-corrected chi connectivity index (χ2v) is 4.30. The lowest BCUT2D eigenvalue weighted by molar-refractivity contribution is -0.120. The number of hydrogen-bond donors (Lipinski definition) is 2. The van der Waals surface area contributed by atoms with Gasteiger partial charge in [0.05, 0.1) is 6.42 Å². The van der Waals surface area contributed by atoms with Gasteiger partial charge in [-0.1, -0.05) is 26.0 Å². The van der Waals surface area contributed by atoms with Gasteiger partial charge in [-0.2, -0.15) is 0 Å². The highest BCUT2D eigenvalue weighted by molar-refractivity contribution is 5.85. The number of carbonyl (C=O) groups is 1. The molecule has 0 spiro atoms. The van der Waals surface area contributed by atoms with Gasteiger partial charge >= 0.3 is 0 Å². The molecule has 108 valence electrons. The number of nitrogens with two attached hydrogens (primary N) is 1. The fraction of sp³-hybridized carbons (Fsp3) is 0.500. The maximum absolute atomic E-state index is 11.7. The van der Waals surface area contributed by atoms with Crippen molar-refractivity contribution in [3.8, 4) is 0 Å². The normalized spacial score (nSPS) is 10.1. The van der Waals surface area contributed by atoms with Crippen LogP contribution in [0.5, 0.6) is 0 Å². The summed E-state index contributed by atoms with van der Waals surface area (Å²) in [7, 11) is 0. The topological polar surface area (TPSA) is 58.4 Å². The SMILES string of the molecule is CCN(CC)CCNC(=O)Cc1cccc(N)c1.Cl. The molecule has 0 saturated carbocycles. The van der Waals surface area contributed by atoms with E-state index in [1.807, 2.05) is 24.3 Å². The van der Waals surface area contributed by atoms with Gasteiger partial charge in [-0.3, -0.25) is 4.79 Å². The molecule has 0 fully saturated rings. The number of carbonyl (C=O) groups excluding carboxylic acids is 1. The van der Waals surface area contributed by atoms with Crippen molar-refractivity contribution in [3.63, 3.8) is 0 Å². The smallest absolute Gasteiger partial charge is 0.224 e. The molecule has 1 aromatic rings. The largest absolute Gasteiger partial charge is 0.399 e. The van der Waals surface area contributed by atoms with Crippen LogP contribution in [0.4, 0.5) is 5.69 Å². The number of hydrogen-bond acceptors (Lipinski definition) is 3. The van der Waals surface area contributed by atoms with E-state index in [1.165, 1.54) is 0 Å². The minimum absolute atomic E-state index is 0. The molecule has 1 amide bonds. The molecule has 1 rings (SSSR count). The summed E-state index contributed by atoms with van der Waals surface area (Å²) in [6.07, 6.45) is 0.392. The summed E-state index contributed by atoms with van der Waals surface area (Å²) in [6.45, 7) is 7.87. The van der Waals surface area contributed by atoms with Crippen molar-refractivity contribution in [3.05, 3.63) is 29.8 Å². The number of nitrogen functional groups attached to an aromatic ring is 1. The lowest BCUT2D eigenvalue weighted by Crippen LogP contribution is -2.35. The number of amides is 1. The molecule has 0 aromatic heterocycles. The van der Waals surface area contributed by atoms with Crippen LogP contribution in [0.15, 0.2) is 24.3 Å². The fourth-order valence-electron chi connectivity index (χ4n) is 1.84. The molecule has 3 N–H and O–H groups in total. The number of nitrogens with zero attached hydrogens (tertiary/aromatic N) is 1. The summed E-state index contributed by atoms with van der Waals surface area (Å²) in [5, 5.41) is 2.93. The Labute approximate surface area is 121 Å². The molecule has 4 nitrogen and oxygen atoms in total. The summed E-state index contributed by atoms with van der Waals surface area (Å²) in [5.41, 5.74) is 7.32. The molecule has 0 aliphatic rings. The van der Waals surface area contributed by atoms with Gasteiger partial charge < -0.3 is 16.0 Å². The maximum atomic E-state index is 11.7. The van der Waals surface area contributed by atoms with Crippen molar-refractivity contribution in [2.24, 2.45) is 0 Å². The molecule has 0 saturated heterocycles. The second kappa shape index (κ2) is 9.64. The lowest BCUT2D eigenvalue weighted by Gasteiger charge is -2.17. The van der Waals surface area contributed by atoms with E-state index in [0.29, 0.717) is 18.7 Å². The number of likely N-dealkylation sites (N-methyl/N-ethyl adjacent to an activating group) is 1. The minimum atomic E-state index is 0. The van der Waals surface area contributed by atoms with Gasteiger partial charge in [-0.25, -0.2) is 0 Å². The summed E-state index contributed by atoms with van der Waals surface area (Å²) in [5.74, 6) is 0.0488. The van der Waals surface area contributed by atoms with Gasteiger partial charge in [0.15, 0.2) is 0 Å². The molecular weight excluding hydrogens is 262 g/mol. The van der Waals surface area contributed by atoms with E-state index in [9.17, 15) is 4.79 Å². The van der Waals surface area contributed by atoms with E-state index in [2.05, 4.69) is 24.1 Å². The number of benzene rings is 1. The van der Waals surface area contributed by atoms with Crippen molar-refractivity contribution >= 4 is 24.0 Å². The highest BCUT2D eigenvalue weighted by atomic mass is 35.5. The van der Waals surface area contributed by atoms with Crippen LogP contribution in [-0.2, 0) is 11.2 Å². The van der Waals surface area contributed by atoms with Crippen LogP contribution in [0.1, 0.15) is 19.4 Å². The predicted octanol–water partition coefficient (Wildman–Crippen LogP) is 1.69. The number of rotatable bonds is 7. The van der Waals surface area contributed by atoms with Crippen molar-refractivity contribution < 1.29 is 4.79 Å². The third-order valence-electron chi connectivity index (χ3n) is 2.96. The first-order valence-electron chi connectivity index (χ1n) is 6.49. The van der Waals surface area contributed by atoms with Crippen LogP contribution >= 0.6 is 12.4 Å². The highest BCUT2D eigenvalue weighted by Gasteiger charge is 2.04. The Morgan fingerprint density at radius 1 is 1.32 bits per heavy atom. The predicted molar refractivity (Wildman–Crippen MR) is 82.6 cm³/mol. The van der Waals surface area contributed by atoms with E-state index in [0.717, 1.165) is 25.2 Å². The molecular formula is C14H24ClN3O. The molecule has 0 bridgehead atoms. The zero-order chi connectivity index (χ0) is 13.4. The Morgan fingerprint density at radius 2 is 2.00 bits per heavy atom. The van der Waals surface area contributed by atoms with Crippen LogP contribution in [0.3, 0.4) is 0 Å². The zero-order valence-electron chi connectivity index (χ0n) is 11.7. The quantitative estimate of drug-likeness (QED) is 0.750. The molecule has 0 unspecified atom stereocenters. The summed E-state index contributed by atoms with van der Waals surface area (Å²) in [6, 6.07) is 7.44. The lowest BCUT2D eigenvalue weighted by atomic mass is 10.1. The molecule has 0 heterocycles. The van der Waals surface area contributed by atoms with Crippen molar-refractivity contribution in [1.29, 1.82) is 0 Å². The second-order valence-electron chi connectivity index (χ2n) is 4.30. The van der Waals surface area contributed by atoms with Crippen molar-refractivity contribution in [2.75, 3.05) is 31.9 Å². The molecule has 0 radical (unpaired) electrons. The van der Waals surface area contributed by atoms with Crippen LogP contribution < -0.4 is 11.1 Å². The molecule has 1 aromatic carbocycles. The first kappa shape index (κ1) is 17.7. The Hall–Kier alpha value is -1.26. The van der Waals surface area contributed by atoms with E-state index >= 15 is 0 Å². The third-order valence-corrected chi connectivity index (χ3v) is 2.96. The molecule has 0 aliphatic heterocycles. The maximum Gasteiger partial charge on any atom is 0.224 e. The monoisotopic (exact) mass is 285 g/mol. The Morgan fingerprint density at radius 3 is 2.58 bits per heavy atom. The third kappa shape index (κ3) is 7.03. The molecule has 5 heteroatoms. The summed E-state index contributed by atoms with van der Waals surface area (Å²) < 4.78 is 0. The Bertz CT molecular complexity index is 381. The van der Waals surface area contributed by atoms with Crippen LogP contribution in [-0.4, -0.2) is 37.0 Å². The first-order valence-corrected chi connectivity index (χ1v) is 6.49. The van der Waals surface area contributed by atoms with Gasteiger partial charge in [0, 0.05) is 18.8 Å². The number of anilines is 1. The van der Waals surface area contributed by atoms with Gasteiger partial charge in [0.25, 0.3) is 0 Å². The average Bonchev–Trinajstić information content (AvgIpc) is 2.34. The van der Waals surface area contributed by atoms with E-state index in [1.54, 1.807) is 0 Å². The average molecular weight is 286 g/mol.